The predicted octanol–water partition coefficient (Wildman–Crippen LogP) is 16.5. The van der Waals surface area contributed by atoms with Crippen LogP contribution in [-0.4, -0.2) is 32.9 Å². The number of benzene rings is 6. The number of rotatable bonds is 10. The summed E-state index contributed by atoms with van der Waals surface area (Å²) in [4.78, 5) is 13.7. The third-order valence-electron chi connectivity index (χ3n) is 15.5. The molecule has 0 saturated heterocycles. The molecule has 13 rings (SSSR count). The Kier molecular flexibility index (Phi) is 10.8. The van der Waals surface area contributed by atoms with Crippen LogP contribution < -0.4 is 14.5 Å². The molecule has 2 aromatic heterocycles. The van der Waals surface area contributed by atoms with Gasteiger partial charge < -0.3 is 28.7 Å². The standard InChI is InChI=1S/C70H63B2N6O.Pt/c1-68(2,3)51-40-53(45-55(41-51)79-54-30-31-57-56-24-12-13-27-63(56)78(66(57)46-54)67-44-50(32-35-73-67)70(7,8)49-22-10-9-11-23-49)77-48-74(64-28-14-15-29-65(64)77)47-60-58(61-25-20-38-75-36-18-16-33-71(61)75)42-52(69(4,5)6)43-59(60)62-26-21-39-76-37-19-17-34-72(62)76;/h9-44,48H,47H2,1-8H3;/q-3;/i7D3,8D3,12D,13D,24D,27D;. The van der Waals surface area contributed by atoms with Crippen LogP contribution in [0.15, 0.2) is 219 Å². The van der Waals surface area contributed by atoms with Gasteiger partial charge in [-0.05, 0) is 140 Å². The summed E-state index contributed by atoms with van der Waals surface area (Å²) in [6, 6.07) is 36.6. The maximum absolute atomic E-state index is 9.32. The molecule has 5 aliphatic rings. The van der Waals surface area contributed by atoms with Crippen molar-refractivity contribution in [1.82, 2.24) is 19.2 Å². The van der Waals surface area contributed by atoms with E-state index in [1.54, 1.807) is 30.3 Å². The van der Waals surface area contributed by atoms with E-state index in [2.05, 4.69) is 207 Å². The van der Waals surface area contributed by atoms with E-state index >= 15 is 0 Å². The van der Waals surface area contributed by atoms with Crippen molar-refractivity contribution < 1.29 is 39.5 Å². The number of ether oxygens (including phenoxy) is 1. The molecule has 8 aromatic rings. The first-order valence-corrected chi connectivity index (χ1v) is 26.8. The fourth-order valence-electron chi connectivity index (χ4n) is 11.3. The average molecular weight is 1230 g/mol. The molecule has 0 unspecified atom stereocenters. The molecule has 7 nitrogen and oxygen atoms in total. The molecule has 0 radical (unpaired) electrons. The van der Waals surface area contributed by atoms with Crippen molar-refractivity contribution in [2.24, 2.45) is 0 Å². The van der Waals surface area contributed by atoms with Crippen LogP contribution in [-0.2, 0) is 43.9 Å². The minimum atomic E-state index is -3.11. The molecule has 6 aromatic carbocycles. The summed E-state index contributed by atoms with van der Waals surface area (Å²) in [5.74, 6) is 5.09. The number of hydrogen-bond donors (Lipinski definition) is 0. The second-order valence-corrected chi connectivity index (χ2v) is 22.7. The SMILES string of the molecule is [2H]c1c([2H])c([2H])c2c(c1[2H])c1ccc(Oc3[c-]c(N4[CH-]N(Cc5c(C6=CC=CN7C=CC=CB67)cc(C(C)(C)C)cc5C5=CC=CN6C=CC=CB56)c5ccccc54)cc(C(C)(C)C)c3)[c-]c1n2-c1cc(C(c2ccccc2)(C([2H])([2H])[2H])C([2H])([2H])[2H])ccn1.[Pt]. The number of aromatic nitrogens is 2. The van der Waals surface area contributed by atoms with Crippen molar-refractivity contribution in [2.45, 2.75) is 78.0 Å². The van der Waals surface area contributed by atoms with Gasteiger partial charge in [0.25, 0.3) is 0 Å². The monoisotopic (exact) mass is 1230 g/mol. The minimum absolute atomic E-state index is 0. The van der Waals surface area contributed by atoms with Gasteiger partial charge in [0.05, 0.1) is 5.48 Å². The third-order valence-corrected chi connectivity index (χ3v) is 15.5. The summed E-state index contributed by atoms with van der Waals surface area (Å²) in [5, 5.41) is 0.543. The summed E-state index contributed by atoms with van der Waals surface area (Å²) in [5.41, 5.74) is 7.87. The first kappa shape index (κ1) is 42.0. The van der Waals surface area contributed by atoms with E-state index in [-0.39, 0.29) is 96.8 Å². The van der Waals surface area contributed by atoms with Crippen molar-refractivity contribution in [1.29, 1.82) is 0 Å². The molecule has 0 N–H and O–H groups in total. The number of nitrogens with zero attached hydrogens (tertiary/aromatic N) is 6. The van der Waals surface area contributed by atoms with Gasteiger partial charge in [-0.3, -0.25) is 0 Å². The molecule has 7 heterocycles. The largest absolute Gasteiger partial charge is 0.509 e. The van der Waals surface area contributed by atoms with Crippen molar-refractivity contribution in [3.8, 4) is 17.3 Å². The van der Waals surface area contributed by atoms with E-state index in [0.29, 0.717) is 23.4 Å². The van der Waals surface area contributed by atoms with Crippen LogP contribution in [0.4, 0.5) is 17.1 Å². The maximum Gasteiger partial charge on any atom is 0.320 e. The second kappa shape index (κ2) is 20.6. The Labute approximate surface area is 501 Å². The molecule has 5 aliphatic heterocycles. The quantitative estimate of drug-likeness (QED) is 0.100. The summed E-state index contributed by atoms with van der Waals surface area (Å²) in [6.07, 6.45) is 27.0. The van der Waals surface area contributed by atoms with Gasteiger partial charge >= 0.3 is 13.7 Å². The summed E-state index contributed by atoms with van der Waals surface area (Å²) in [7, 11) is 0. The molecule has 10 heteroatoms. The van der Waals surface area contributed by atoms with Crippen LogP contribution in [0, 0.1) is 18.8 Å². The molecule has 398 valence electrons. The summed E-state index contributed by atoms with van der Waals surface area (Å²) >= 11 is 0. The number of pyridine rings is 1. The Balaban J connectivity index is 0.00000785. The van der Waals surface area contributed by atoms with Crippen LogP contribution >= 0.6 is 0 Å². The Morgan fingerprint density at radius 2 is 1.26 bits per heavy atom. The zero-order chi connectivity index (χ0) is 62.7. The van der Waals surface area contributed by atoms with Gasteiger partial charge in [0.2, 0.25) is 0 Å². The van der Waals surface area contributed by atoms with Crippen LogP contribution in [0.25, 0.3) is 38.6 Å². The van der Waals surface area contributed by atoms with Gasteiger partial charge in [0, 0.05) is 75.8 Å². The van der Waals surface area contributed by atoms with Crippen molar-refractivity contribution in [3.05, 3.63) is 277 Å². The zero-order valence-corrected chi connectivity index (χ0v) is 47.6. The van der Waals surface area contributed by atoms with Crippen LogP contribution in [0.1, 0.15) is 108 Å². The van der Waals surface area contributed by atoms with E-state index in [9.17, 15) is 2.74 Å². The van der Waals surface area contributed by atoms with Crippen molar-refractivity contribution >= 4 is 63.5 Å². The van der Waals surface area contributed by atoms with Gasteiger partial charge in [-0.1, -0.05) is 170 Å². The number of anilines is 3. The Morgan fingerprint density at radius 3 is 1.94 bits per heavy atom. The molecular weight excluding hydrogens is 1160 g/mol. The molecule has 0 atom stereocenters. The van der Waals surface area contributed by atoms with Crippen molar-refractivity contribution in [3.63, 3.8) is 0 Å². The van der Waals surface area contributed by atoms with E-state index < -0.39 is 31.2 Å². The third kappa shape index (κ3) is 9.53. The van der Waals surface area contributed by atoms with Crippen molar-refractivity contribution in [2.75, 3.05) is 9.80 Å². The van der Waals surface area contributed by atoms with E-state index in [1.165, 1.54) is 68.2 Å². The zero-order valence-electron chi connectivity index (χ0n) is 55.3. The van der Waals surface area contributed by atoms with Crippen LogP contribution in [0.2, 0.25) is 0 Å². The Bertz CT molecular complexity index is 4380. The fourth-order valence-corrected chi connectivity index (χ4v) is 11.3. The molecule has 0 amide bonds. The number of allylic oxidation sites excluding steroid dienone is 8. The molecule has 0 fully saturated rings. The average Bonchev–Trinajstić information content (AvgIpc) is 1.29. The minimum Gasteiger partial charge on any atom is -0.509 e. The van der Waals surface area contributed by atoms with Gasteiger partial charge in [-0.25, -0.2) is 4.98 Å². The summed E-state index contributed by atoms with van der Waals surface area (Å²) in [6.45, 7) is 9.64. The number of fused-ring (bicyclic) bond motifs is 6. The van der Waals surface area contributed by atoms with Crippen LogP contribution in [0.5, 0.6) is 11.5 Å². The van der Waals surface area contributed by atoms with E-state index in [4.69, 9.17) is 15.7 Å². The fraction of sp³-hybridized carbons (Fsp3) is 0.171. The number of para-hydroxylation sites is 3. The maximum atomic E-state index is 9.32. The van der Waals surface area contributed by atoms with Gasteiger partial charge in [0.15, 0.2) is 0 Å². The first-order valence-electron chi connectivity index (χ1n) is 31.8. The predicted molar refractivity (Wildman–Crippen MR) is 330 cm³/mol. The smallest absolute Gasteiger partial charge is 0.320 e. The normalized spacial score (nSPS) is 17.7. The summed E-state index contributed by atoms with van der Waals surface area (Å²) < 4.78 is 97.8. The number of hydrogen-bond acceptors (Lipinski definition) is 6. The molecule has 0 spiro atoms. The molecular formula is C70H63B2N6OPt-3. The Hall–Kier alpha value is -7.99. The van der Waals surface area contributed by atoms with Crippen LogP contribution in [0.3, 0.4) is 0 Å². The van der Waals surface area contributed by atoms with E-state index in [0.717, 1.165) is 16.9 Å². The molecule has 0 bridgehead atoms. The topological polar surface area (TPSA) is 40.0 Å². The molecule has 80 heavy (non-hydrogen) atoms. The second-order valence-electron chi connectivity index (χ2n) is 22.7. The van der Waals surface area contributed by atoms with E-state index in [1.807, 2.05) is 12.1 Å². The van der Waals surface area contributed by atoms with Gasteiger partial charge in [-0.15, -0.1) is 47.0 Å². The molecule has 0 saturated carbocycles. The molecule has 0 aliphatic carbocycles. The van der Waals surface area contributed by atoms with Gasteiger partial charge in [0.1, 0.15) is 5.82 Å². The first-order chi connectivity index (χ1) is 42.3. The van der Waals surface area contributed by atoms with Gasteiger partial charge in [-0.2, -0.15) is 12.7 Å². The Morgan fingerprint density at radius 1 is 0.625 bits per heavy atom.